The van der Waals surface area contributed by atoms with Crippen molar-refractivity contribution in [2.45, 2.75) is 25.7 Å². The van der Waals surface area contributed by atoms with E-state index in [0.717, 1.165) is 35.5 Å². The second-order valence-corrected chi connectivity index (χ2v) is 8.11. The fourth-order valence-electron chi connectivity index (χ4n) is 3.24. The van der Waals surface area contributed by atoms with Gasteiger partial charge >= 0.3 is 0 Å². The van der Waals surface area contributed by atoms with Crippen LogP contribution >= 0.6 is 22.9 Å². The first-order valence-corrected chi connectivity index (χ1v) is 10.1. The Kier molecular flexibility index (Phi) is 5.41. The van der Waals surface area contributed by atoms with E-state index in [-0.39, 0.29) is 12.5 Å². The van der Waals surface area contributed by atoms with E-state index in [0.29, 0.717) is 10.2 Å². The number of nitrogens with one attached hydrogen (secondary N) is 1. The van der Waals surface area contributed by atoms with Gasteiger partial charge in [0.05, 0.1) is 0 Å². The zero-order valence-corrected chi connectivity index (χ0v) is 16.3. The largest absolute Gasteiger partial charge is 0.484 e. The number of ether oxygens (including phenoxy) is 1. The highest BCUT2D eigenvalue weighted by Crippen LogP contribution is 2.26. The molecule has 2 aromatic carbocycles. The minimum absolute atomic E-state index is 0.0258. The first-order valence-electron chi connectivity index (χ1n) is 8.89. The molecule has 1 aromatic heterocycles. The van der Waals surface area contributed by atoms with Crippen molar-refractivity contribution in [2.75, 3.05) is 11.9 Å². The Morgan fingerprint density at radius 3 is 2.96 bits per heavy atom. The van der Waals surface area contributed by atoms with E-state index in [1.807, 2.05) is 36.4 Å². The molecule has 27 heavy (non-hydrogen) atoms. The van der Waals surface area contributed by atoms with Crippen LogP contribution in [0, 0.1) is 0 Å². The molecule has 4 rings (SSSR count). The van der Waals surface area contributed by atoms with E-state index < -0.39 is 0 Å². The predicted molar refractivity (Wildman–Crippen MR) is 109 cm³/mol. The number of carbonyl (C=O) groups is 1. The van der Waals surface area contributed by atoms with Crippen LogP contribution in [0.1, 0.15) is 28.0 Å². The van der Waals surface area contributed by atoms with Gasteiger partial charge in [-0.1, -0.05) is 29.8 Å². The van der Waals surface area contributed by atoms with E-state index in [4.69, 9.17) is 16.3 Å². The van der Waals surface area contributed by atoms with Gasteiger partial charge in [-0.15, -0.1) is 11.3 Å². The second kappa shape index (κ2) is 8.11. The van der Waals surface area contributed by atoms with Gasteiger partial charge in [-0.05, 0) is 60.2 Å². The number of thiazole rings is 1. The summed E-state index contributed by atoms with van der Waals surface area (Å²) in [6.45, 7) is -0.0258. The third kappa shape index (κ3) is 4.67. The number of carbonyl (C=O) groups excluding carboxylic acids is 1. The van der Waals surface area contributed by atoms with E-state index >= 15 is 0 Å². The molecule has 0 saturated carbocycles. The van der Waals surface area contributed by atoms with Crippen LogP contribution < -0.4 is 10.1 Å². The van der Waals surface area contributed by atoms with Crippen molar-refractivity contribution in [3.63, 3.8) is 0 Å². The average molecular weight is 399 g/mol. The standard InChI is InChI=1S/C21H19ClN2O2S/c22-17-6-1-3-14(9-17)10-19-12-23-21(27-19)24-20(25)13-26-18-8-7-15-4-2-5-16(15)11-18/h1,3,6-9,11-12H,2,4-5,10,13H2,(H,23,24,25). The molecule has 6 heteroatoms. The Labute approximate surface area is 167 Å². The number of fused-ring (bicyclic) bond motifs is 1. The highest BCUT2D eigenvalue weighted by atomic mass is 35.5. The number of hydrogen-bond donors (Lipinski definition) is 1. The van der Waals surface area contributed by atoms with Crippen molar-refractivity contribution in [3.05, 3.63) is 75.3 Å². The molecule has 0 radical (unpaired) electrons. The number of aromatic nitrogens is 1. The van der Waals surface area contributed by atoms with Crippen LogP contribution in [0.4, 0.5) is 5.13 Å². The van der Waals surface area contributed by atoms with Crippen LogP contribution in [0.3, 0.4) is 0 Å². The van der Waals surface area contributed by atoms with E-state index in [1.165, 1.54) is 28.9 Å². The zero-order valence-electron chi connectivity index (χ0n) is 14.7. The molecule has 1 heterocycles. The molecule has 3 aromatic rings. The molecule has 1 amide bonds. The Morgan fingerprint density at radius 1 is 1.19 bits per heavy atom. The Balaban J connectivity index is 1.30. The molecular weight excluding hydrogens is 380 g/mol. The summed E-state index contributed by atoms with van der Waals surface area (Å²) in [5.41, 5.74) is 3.84. The number of aryl methyl sites for hydroxylation is 2. The second-order valence-electron chi connectivity index (χ2n) is 6.56. The molecule has 0 fully saturated rings. The summed E-state index contributed by atoms with van der Waals surface area (Å²) in [6, 6.07) is 13.8. The summed E-state index contributed by atoms with van der Waals surface area (Å²) in [6.07, 6.45) is 5.94. The van der Waals surface area contributed by atoms with Gasteiger partial charge < -0.3 is 4.74 Å². The van der Waals surface area contributed by atoms with Crippen molar-refractivity contribution in [3.8, 4) is 5.75 Å². The third-order valence-electron chi connectivity index (χ3n) is 4.51. The third-order valence-corrected chi connectivity index (χ3v) is 5.66. The fraction of sp³-hybridized carbons (Fsp3) is 0.238. The van der Waals surface area contributed by atoms with Crippen molar-refractivity contribution >= 4 is 34.0 Å². The van der Waals surface area contributed by atoms with Crippen LogP contribution in [-0.2, 0) is 24.1 Å². The van der Waals surface area contributed by atoms with Gasteiger partial charge in [-0.2, -0.15) is 0 Å². The Bertz CT molecular complexity index is 970. The van der Waals surface area contributed by atoms with Gasteiger partial charge in [0.2, 0.25) is 0 Å². The van der Waals surface area contributed by atoms with Gasteiger partial charge in [-0.3, -0.25) is 10.1 Å². The summed E-state index contributed by atoms with van der Waals surface area (Å²) < 4.78 is 5.63. The lowest BCUT2D eigenvalue weighted by molar-refractivity contribution is -0.118. The molecule has 1 N–H and O–H groups in total. The lowest BCUT2D eigenvalue weighted by Gasteiger charge is -2.07. The first kappa shape index (κ1) is 18.0. The predicted octanol–water partition coefficient (Wildman–Crippen LogP) is 4.89. The first-order chi connectivity index (χ1) is 13.2. The van der Waals surface area contributed by atoms with Gasteiger partial charge in [0.1, 0.15) is 5.75 Å². The van der Waals surface area contributed by atoms with Crippen LogP contribution in [0.15, 0.2) is 48.7 Å². The van der Waals surface area contributed by atoms with Crippen molar-refractivity contribution in [1.29, 1.82) is 0 Å². The molecule has 0 saturated heterocycles. The van der Waals surface area contributed by atoms with E-state index in [9.17, 15) is 4.79 Å². The normalized spacial score (nSPS) is 12.6. The molecule has 0 aliphatic heterocycles. The summed E-state index contributed by atoms with van der Waals surface area (Å²) in [4.78, 5) is 17.5. The smallest absolute Gasteiger partial charge is 0.264 e. The summed E-state index contributed by atoms with van der Waals surface area (Å²) in [7, 11) is 0. The molecule has 1 aliphatic rings. The highest BCUT2D eigenvalue weighted by molar-refractivity contribution is 7.15. The number of nitrogens with zero attached hydrogens (tertiary/aromatic N) is 1. The SMILES string of the molecule is O=C(COc1ccc2c(c1)CCC2)Nc1ncc(Cc2cccc(Cl)c2)s1. The van der Waals surface area contributed by atoms with Gasteiger partial charge in [0.25, 0.3) is 5.91 Å². The van der Waals surface area contributed by atoms with Gasteiger partial charge in [-0.25, -0.2) is 4.98 Å². The minimum Gasteiger partial charge on any atom is -0.484 e. The zero-order chi connectivity index (χ0) is 18.6. The molecule has 138 valence electrons. The number of hydrogen-bond acceptors (Lipinski definition) is 4. The quantitative estimate of drug-likeness (QED) is 0.642. The average Bonchev–Trinajstić information content (AvgIpc) is 3.29. The molecule has 0 unspecified atom stereocenters. The van der Waals surface area contributed by atoms with Gasteiger partial charge in [0, 0.05) is 22.5 Å². The van der Waals surface area contributed by atoms with Crippen molar-refractivity contribution < 1.29 is 9.53 Å². The Morgan fingerprint density at radius 2 is 2.07 bits per heavy atom. The monoisotopic (exact) mass is 398 g/mol. The lowest BCUT2D eigenvalue weighted by atomic mass is 10.1. The maximum Gasteiger partial charge on any atom is 0.264 e. The molecule has 0 spiro atoms. The fourth-order valence-corrected chi connectivity index (χ4v) is 4.31. The number of amides is 1. The topological polar surface area (TPSA) is 51.2 Å². The van der Waals surface area contributed by atoms with Crippen LogP contribution in [0.25, 0.3) is 0 Å². The highest BCUT2D eigenvalue weighted by Gasteiger charge is 2.12. The maximum absolute atomic E-state index is 12.1. The molecule has 1 aliphatic carbocycles. The Hall–Kier alpha value is -2.37. The molecular formula is C21H19ClN2O2S. The number of halogens is 1. The molecule has 0 atom stereocenters. The lowest BCUT2D eigenvalue weighted by Crippen LogP contribution is -2.20. The van der Waals surface area contributed by atoms with Crippen LogP contribution in [0.2, 0.25) is 5.02 Å². The maximum atomic E-state index is 12.1. The van der Waals surface area contributed by atoms with E-state index in [1.54, 1.807) is 6.20 Å². The number of rotatable bonds is 6. The van der Waals surface area contributed by atoms with E-state index in [2.05, 4.69) is 16.4 Å². The van der Waals surface area contributed by atoms with Crippen LogP contribution in [-0.4, -0.2) is 17.5 Å². The van der Waals surface area contributed by atoms with Crippen molar-refractivity contribution in [1.82, 2.24) is 4.98 Å². The molecule has 4 nitrogen and oxygen atoms in total. The van der Waals surface area contributed by atoms with Crippen molar-refractivity contribution in [2.24, 2.45) is 0 Å². The minimum atomic E-state index is -0.209. The summed E-state index contributed by atoms with van der Waals surface area (Å²) in [5.74, 6) is 0.533. The van der Waals surface area contributed by atoms with Crippen LogP contribution in [0.5, 0.6) is 5.75 Å². The summed E-state index contributed by atoms with van der Waals surface area (Å²) in [5, 5.41) is 4.09. The summed E-state index contributed by atoms with van der Waals surface area (Å²) >= 11 is 7.48. The van der Waals surface area contributed by atoms with Gasteiger partial charge in [0.15, 0.2) is 11.7 Å². The number of anilines is 1. The number of benzene rings is 2. The molecule has 0 bridgehead atoms.